The summed E-state index contributed by atoms with van der Waals surface area (Å²) in [5.74, 6) is -1.38. The Morgan fingerprint density at radius 1 is 1.58 bits per heavy atom. The van der Waals surface area contributed by atoms with Crippen LogP contribution in [0.1, 0.15) is 17.2 Å². The van der Waals surface area contributed by atoms with Gasteiger partial charge < -0.3 is 20.7 Å². The minimum Gasteiger partial charge on any atom is -0.467 e. The molecule has 0 aliphatic carbocycles. The van der Waals surface area contributed by atoms with Crippen molar-refractivity contribution in [2.24, 2.45) is 0 Å². The average molecular weight is 271 g/mol. The number of aliphatic hydroxyl groups is 2. The van der Waals surface area contributed by atoms with Gasteiger partial charge in [-0.1, -0.05) is 0 Å². The first-order valence-electron chi connectivity index (χ1n) is 5.14. The monoisotopic (exact) mass is 271 g/mol. The number of nitrogens with two attached hydrogens (primary N) is 1. The maximum atomic E-state index is 11.1. The Balaban J connectivity index is 3.25. The Labute approximate surface area is 107 Å². The molecule has 19 heavy (non-hydrogen) atoms. The number of ether oxygens (including phenoxy) is 1. The fourth-order valence-electron chi connectivity index (χ4n) is 1.57. The predicted molar refractivity (Wildman–Crippen MR) is 63.0 cm³/mol. The molecular weight excluding hydrogens is 258 g/mol. The van der Waals surface area contributed by atoms with E-state index in [9.17, 15) is 25.1 Å². The van der Waals surface area contributed by atoms with Gasteiger partial charge in [-0.15, -0.1) is 0 Å². The molecular formula is C10H13N3O6. The summed E-state index contributed by atoms with van der Waals surface area (Å²) in [6.07, 6.45) is -2.50. The average Bonchev–Trinajstić information content (AvgIpc) is 2.36. The standard InChI is InChI=1S/C10H13N3O6/c1-4-5(7(14)8(15)10(16)19-2)3-12-9(11)6(4)13(17)18/h3,7-8,14-15H,1-2H3,(H2,11,12). The lowest BCUT2D eigenvalue weighted by atomic mass is 10.0. The van der Waals surface area contributed by atoms with Crippen LogP contribution >= 0.6 is 0 Å². The number of carbonyl (C=O) groups is 1. The van der Waals surface area contributed by atoms with Crippen molar-refractivity contribution in [2.75, 3.05) is 12.8 Å². The van der Waals surface area contributed by atoms with Crippen molar-refractivity contribution >= 4 is 17.5 Å². The van der Waals surface area contributed by atoms with Gasteiger partial charge in [-0.2, -0.15) is 0 Å². The number of anilines is 1. The maximum absolute atomic E-state index is 11.1. The summed E-state index contributed by atoms with van der Waals surface area (Å²) < 4.78 is 4.27. The van der Waals surface area contributed by atoms with Crippen LogP contribution < -0.4 is 5.73 Å². The highest BCUT2D eigenvalue weighted by molar-refractivity contribution is 5.75. The van der Waals surface area contributed by atoms with Crippen molar-refractivity contribution in [1.82, 2.24) is 4.98 Å². The first-order valence-corrected chi connectivity index (χ1v) is 5.14. The fourth-order valence-corrected chi connectivity index (χ4v) is 1.57. The minimum atomic E-state index is -1.87. The SMILES string of the molecule is COC(=O)C(O)C(O)c1cnc(N)c([N+](=O)[O-])c1C. The molecule has 0 radical (unpaired) electrons. The third-order valence-electron chi connectivity index (χ3n) is 2.62. The second kappa shape index (κ2) is 5.59. The van der Waals surface area contributed by atoms with Gasteiger partial charge in [-0.25, -0.2) is 9.78 Å². The molecule has 1 aromatic rings. The zero-order valence-electron chi connectivity index (χ0n) is 10.2. The molecule has 9 nitrogen and oxygen atoms in total. The fraction of sp³-hybridized carbons (Fsp3) is 0.400. The molecule has 0 aromatic carbocycles. The van der Waals surface area contributed by atoms with E-state index in [1.807, 2.05) is 0 Å². The number of carbonyl (C=O) groups excluding carboxylic acids is 1. The highest BCUT2D eigenvalue weighted by Gasteiger charge is 2.31. The van der Waals surface area contributed by atoms with Crippen LogP contribution in [0.2, 0.25) is 0 Å². The highest BCUT2D eigenvalue weighted by Crippen LogP contribution is 2.30. The number of esters is 1. The van der Waals surface area contributed by atoms with Crippen LogP contribution in [-0.4, -0.2) is 39.3 Å². The van der Waals surface area contributed by atoms with Crippen molar-refractivity contribution in [2.45, 2.75) is 19.1 Å². The second-order valence-corrected chi connectivity index (χ2v) is 3.74. The third kappa shape index (κ3) is 2.77. The van der Waals surface area contributed by atoms with Gasteiger partial charge in [-0.3, -0.25) is 10.1 Å². The summed E-state index contributed by atoms with van der Waals surface area (Å²) in [6.45, 7) is 1.33. The lowest BCUT2D eigenvalue weighted by Gasteiger charge is -2.17. The number of hydrogen-bond donors (Lipinski definition) is 3. The van der Waals surface area contributed by atoms with Gasteiger partial charge in [-0.05, 0) is 6.92 Å². The minimum absolute atomic E-state index is 0.0213. The summed E-state index contributed by atoms with van der Waals surface area (Å²) in [5, 5.41) is 30.2. The molecule has 1 aromatic heterocycles. The molecule has 1 heterocycles. The van der Waals surface area contributed by atoms with Crippen LogP contribution in [0.5, 0.6) is 0 Å². The van der Waals surface area contributed by atoms with Crippen LogP contribution in [0, 0.1) is 17.0 Å². The number of aromatic nitrogens is 1. The second-order valence-electron chi connectivity index (χ2n) is 3.74. The Hall–Kier alpha value is -2.26. The summed E-state index contributed by atoms with van der Waals surface area (Å²) >= 11 is 0. The lowest BCUT2D eigenvalue weighted by Crippen LogP contribution is -2.29. The Morgan fingerprint density at radius 3 is 2.63 bits per heavy atom. The molecule has 104 valence electrons. The molecule has 0 fully saturated rings. The molecule has 0 amide bonds. The molecule has 0 saturated carbocycles. The predicted octanol–water partition coefficient (Wildman–Crippen LogP) is -0.552. The first kappa shape index (κ1) is 14.8. The summed E-state index contributed by atoms with van der Waals surface area (Å²) in [6, 6.07) is 0. The van der Waals surface area contributed by atoms with E-state index < -0.39 is 28.8 Å². The van der Waals surface area contributed by atoms with Crippen molar-refractivity contribution in [3.05, 3.63) is 27.4 Å². The molecule has 2 atom stereocenters. The smallest absolute Gasteiger partial charge is 0.337 e. The van der Waals surface area contributed by atoms with Crippen LogP contribution in [-0.2, 0) is 9.53 Å². The van der Waals surface area contributed by atoms with E-state index >= 15 is 0 Å². The lowest BCUT2D eigenvalue weighted by molar-refractivity contribution is -0.384. The number of hydrogen-bond acceptors (Lipinski definition) is 8. The first-order chi connectivity index (χ1) is 8.81. The van der Waals surface area contributed by atoms with E-state index in [1.54, 1.807) is 0 Å². The number of nitrogen functional groups attached to an aromatic ring is 1. The normalized spacial score (nSPS) is 13.7. The van der Waals surface area contributed by atoms with Gasteiger partial charge in [0.1, 0.15) is 6.10 Å². The molecule has 4 N–H and O–H groups in total. The van der Waals surface area contributed by atoms with Gasteiger partial charge in [0.25, 0.3) is 0 Å². The summed E-state index contributed by atoms with van der Waals surface area (Å²) in [7, 11) is 1.04. The van der Waals surface area contributed by atoms with Crippen molar-refractivity contribution in [1.29, 1.82) is 0 Å². The molecule has 0 saturated heterocycles. The van der Waals surface area contributed by atoms with Crippen LogP contribution in [0.25, 0.3) is 0 Å². The van der Waals surface area contributed by atoms with Gasteiger partial charge in [0.05, 0.1) is 12.0 Å². The molecule has 0 spiro atoms. The van der Waals surface area contributed by atoms with E-state index in [-0.39, 0.29) is 16.9 Å². The van der Waals surface area contributed by atoms with Crippen molar-refractivity contribution in [3.8, 4) is 0 Å². The molecule has 0 aliphatic rings. The van der Waals surface area contributed by atoms with E-state index in [4.69, 9.17) is 5.73 Å². The quantitative estimate of drug-likeness (QED) is 0.375. The van der Waals surface area contributed by atoms with Crippen molar-refractivity contribution in [3.63, 3.8) is 0 Å². The van der Waals surface area contributed by atoms with Crippen molar-refractivity contribution < 1.29 is 24.7 Å². The number of methoxy groups -OCH3 is 1. The Morgan fingerprint density at radius 2 is 2.16 bits per heavy atom. The van der Waals surface area contributed by atoms with Gasteiger partial charge in [0.15, 0.2) is 6.10 Å². The van der Waals surface area contributed by atoms with E-state index in [0.29, 0.717) is 0 Å². The van der Waals surface area contributed by atoms with Gasteiger partial charge in [0, 0.05) is 17.3 Å². The van der Waals surface area contributed by atoms with E-state index in [0.717, 1.165) is 13.3 Å². The molecule has 0 aliphatic heterocycles. The molecule has 9 heteroatoms. The number of nitrogens with zero attached hydrogens (tertiary/aromatic N) is 2. The van der Waals surface area contributed by atoms with Crippen LogP contribution in [0.15, 0.2) is 6.20 Å². The molecule has 1 rings (SSSR count). The largest absolute Gasteiger partial charge is 0.467 e. The topological polar surface area (TPSA) is 149 Å². The zero-order valence-corrected chi connectivity index (χ0v) is 10.2. The van der Waals surface area contributed by atoms with E-state index in [2.05, 4.69) is 9.72 Å². The van der Waals surface area contributed by atoms with Crippen LogP contribution in [0.4, 0.5) is 11.5 Å². The molecule has 2 unspecified atom stereocenters. The number of nitro groups is 1. The van der Waals surface area contributed by atoms with Crippen LogP contribution in [0.3, 0.4) is 0 Å². The van der Waals surface area contributed by atoms with E-state index in [1.165, 1.54) is 6.92 Å². The summed E-state index contributed by atoms with van der Waals surface area (Å²) in [5.41, 5.74) is 4.84. The maximum Gasteiger partial charge on any atom is 0.337 e. The van der Waals surface area contributed by atoms with Gasteiger partial charge in [0.2, 0.25) is 5.82 Å². The highest BCUT2D eigenvalue weighted by atomic mass is 16.6. The number of rotatable bonds is 4. The molecule has 0 bridgehead atoms. The summed E-state index contributed by atoms with van der Waals surface area (Å²) in [4.78, 5) is 24.8. The van der Waals surface area contributed by atoms with Gasteiger partial charge >= 0.3 is 11.7 Å². The Bertz CT molecular complexity index is 518. The number of pyridine rings is 1. The Kier molecular flexibility index (Phi) is 4.35. The third-order valence-corrected chi connectivity index (χ3v) is 2.62. The number of aliphatic hydroxyl groups excluding tert-OH is 2. The zero-order chi connectivity index (χ0) is 14.7.